The monoisotopic (exact) mass is 229 g/mol. The molecule has 1 N–H and O–H groups in total. The standard InChI is InChI=1S/C13H15N3O/c1-9(17)11-4-6-14-13(8-11)16-7-5-12(15-16)10-2-3-10/h4-10,17H,2-3H2,1H3. The topological polar surface area (TPSA) is 50.9 Å². The van der Waals surface area contributed by atoms with Crippen molar-refractivity contribution in [2.45, 2.75) is 31.8 Å². The highest BCUT2D eigenvalue weighted by Gasteiger charge is 2.25. The molecule has 88 valence electrons. The average Bonchev–Trinajstić information content (AvgIpc) is 3.07. The van der Waals surface area contributed by atoms with Gasteiger partial charge in [0.15, 0.2) is 5.82 Å². The summed E-state index contributed by atoms with van der Waals surface area (Å²) in [5, 5.41) is 14.1. The summed E-state index contributed by atoms with van der Waals surface area (Å²) in [6.07, 6.45) is 5.66. The third kappa shape index (κ3) is 2.08. The van der Waals surface area contributed by atoms with Crippen LogP contribution in [0.1, 0.15) is 43.0 Å². The van der Waals surface area contributed by atoms with E-state index in [1.807, 2.05) is 24.4 Å². The molecule has 2 aromatic heterocycles. The van der Waals surface area contributed by atoms with E-state index in [0.29, 0.717) is 5.92 Å². The van der Waals surface area contributed by atoms with Gasteiger partial charge in [-0.05, 0) is 43.5 Å². The molecular formula is C13H15N3O. The molecule has 0 aliphatic heterocycles. The lowest BCUT2D eigenvalue weighted by Gasteiger charge is -2.06. The summed E-state index contributed by atoms with van der Waals surface area (Å²) in [5.41, 5.74) is 2.01. The number of nitrogens with zero attached hydrogens (tertiary/aromatic N) is 3. The van der Waals surface area contributed by atoms with Crippen LogP contribution in [0.4, 0.5) is 0 Å². The van der Waals surface area contributed by atoms with Crippen molar-refractivity contribution < 1.29 is 5.11 Å². The summed E-state index contributed by atoms with van der Waals surface area (Å²) in [6.45, 7) is 1.75. The van der Waals surface area contributed by atoms with Crippen LogP contribution in [-0.2, 0) is 0 Å². The Kier molecular flexibility index (Phi) is 2.44. The normalized spacial score (nSPS) is 17.1. The minimum absolute atomic E-state index is 0.477. The van der Waals surface area contributed by atoms with Gasteiger partial charge in [-0.3, -0.25) is 0 Å². The second kappa shape index (κ2) is 3.96. The van der Waals surface area contributed by atoms with Crippen LogP contribution in [0.5, 0.6) is 0 Å². The van der Waals surface area contributed by atoms with Gasteiger partial charge in [0.2, 0.25) is 0 Å². The van der Waals surface area contributed by atoms with Crippen molar-refractivity contribution in [2.24, 2.45) is 0 Å². The summed E-state index contributed by atoms with van der Waals surface area (Å²) >= 11 is 0. The van der Waals surface area contributed by atoms with Crippen molar-refractivity contribution in [3.05, 3.63) is 41.9 Å². The molecule has 0 aromatic carbocycles. The Morgan fingerprint density at radius 1 is 1.41 bits per heavy atom. The molecule has 3 rings (SSSR count). The highest BCUT2D eigenvalue weighted by atomic mass is 16.3. The minimum Gasteiger partial charge on any atom is -0.389 e. The van der Waals surface area contributed by atoms with Gasteiger partial charge in [-0.15, -0.1) is 0 Å². The van der Waals surface area contributed by atoms with Crippen molar-refractivity contribution in [1.29, 1.82) is 0 Å². The van der Waals surface area contributed by atoms with Crippen molar-refractivity contribution in [3.63, 3.8) is 0 Å². The van der Waals surface area contributed by atoms with E-state index < -0.39 is 6.10 Å². The molecule has 0 amide bonds. The first-order valence-electron chi connectivity index (χ1n) is 5.94. The van der Waals surface area contributed by atoms with E-state index in [1.54, 1.807) is 17.8 Å². The zero-order valence-electron chi connectivity index (χ0n) is 9.74. The van der Waals surface area contributed by atoms with Crippen molar-refractivity contribution in [2.75, 3.05) is 0 Å². The fourth-order valence-corrected chi connectivity index (χ4v) is 1.88. The summed E-state index contributed by atoms with van der Waals surface area (Å²) in [5.74, 6) is 1.41. The van der Waals surface area contributed by atoms with Crippen LogP contribution in [0.2, 0.25) is 0 Å². The zero-order valence-corrected chi connectivity index (χ0v) is 9.74. The predicted molar refractivity (Wildman–Crippen MR) is 64.0 cm³/mol. The average molecular weight is 229 g/mol. The van der Waals surface area contributed by atoms with E-state index in [2.05, 4.69) is 10.1 Å². The molecule has 0 radical (unpaired) electrons. The molecule has 1 saturated carbocycles. The lowest BCUT2D eigenvalue weighted by atomic mass is 10.2. The largest absolute Gasteiger partial charge is 0.389 e. The maximum absolute atomic E-state index is 9.54. The molecule has 0 bridgehead atoms. The van der Waals surface area contributed by atoms with Crippen LogP contribution in [0.15, 0.2) is 30.6 Å². The first-order chi connectivity index (χ1) is 8.24. The van der Waals surface area contributed by atoms with E-state index in [4.69, 9.17) is 0 Å². The molecule has 2 heterocycles. The number of pyridine rings is 1. The van der Waals surface area contributed by atoms with E-state index in [1.165, 1.54) is 12.8 Å². The highest BCUT2D eigenvalue weighted by molar-refractivity contribution is 5.29. The molecule has 0 saturated heterocycles. The number of hydrogen-bond donors (Lipinski definition) is 1. The first kappa shape index (κ1) is 10.5. The van der Waals surface area contributed by atoms with Crippen LogP contribution in [0.25, 0.3) is 5.82 Å². The molecule has 0 spiro atoms. The Labute approximate surface area is 99.9 Å². The van der Waals surface area contributed by atoms with Crippen molar-refractivity contribution in [3.8, 4) is 5.82 Å². The van der Waals surface area contributed by atoms with Gasteiger partial charge in [0.1, 0.15) is 0 Å². The van der Waals surface area contributed by atoms with E-state index in [9.17, 15) is 5.11 Å². The van der Waals surface area contributed by atoms with Gasteiger partial charge in [0.25, 0.3) is 0 Å². The molecule has 1 atom stereocenters. The van der Waals surface area contributed by atoms with Crippen LogP contribution in [-0.4, -0.2) is 19.9 Å². The molecule has 4 heteroatoms. The van der Waals surface area contributed by atoms with Gasteiger partial charge in [0.05, 0.1) is 11.8 Å². The van der Waals surface area contributed by atoms with Gasteiger partial charge in [0, 0.05) is 18.3 Å². The Morgan fingerprint density at radius 2 is 2.24 bits per heavy atom. The first-order valence-corrected chi connectivity index (χ1v) is 5.94. The second-order valence-electron chi connectivity index (χ2n) is 4.58. The lowest BCUT2D eigenvalue weighted by Crippen LogP contribution is -2.01. The van der Waals surface area contributed by atoms with Crippen LogP contribution in [0.3, 0.4) is 0 Å². The maximum Gasteiger partial charge on any atom is 0.153 e. The van der Waals surface area contributed by atoms with E-state index >= 15 is 0 Å². The molecule has 1 unspecified atom stereocenters. The fraction of sp³-hybridized carbons (Fsp3) is 0.385. The number of aliphatic hydroxyl groups is 1. The van der Waals surface area contributed by atoms with E-state index in [0.717, 1.165) is 17.1 Å². The quantitative estimate of drug-likeness (QED) is 0.877. The summed E-state index contributed by atoms with van der Waals surface area (Å²) in [7, 11) is 0. The Balaban J connectivity index is 1.93. The fourth-order valence-electron chi connectivity index (χ4n) is 1.88. The number of aromatic nitrogens is 3. The third-order valence-electron chi connectivity index (χ3n) is 3.09. The van der Waals surface area contributed by atoms with Crippen molar-refractivity contribution in [1.82, 2.24) is 14.8 Å². The van der Waals surface area contributed by atoms with Gasteiger partial charge in [-0.25, -0.2) is 9.67 Å². The Hall–Kier alpha value is -1.68. The lowest BCUT2D eigenvalue weighted by molar-refractivity contribution is 0.199. The molecule has 1 fully saturated rings. The number of aliphatic hydroxyl groups excluding tert-OH is 1. The SMILES string of the molecule is CC(O)c1ccnc(-n2ccc(C3CC3)n2)c1. The minimum atomic E-state index is -0.477. The number of rotatable bonds is 3. The van der Waals surface area contributed by atoms with Crippen LogP contribution < -0.4 is 0 Å². The highest BCUT2D eigenvalue weighted by Crippen LogP contribution is 2.38. The molecule has 17 heavy (non-hydrogen) atoms. The summed E-state index contributed by atoms with van der Waals surface area (Å²) < 4.78 is 1.78. The van der Waals surface area contributed by atoms with Crippen LogP contribution >= 0.6 is 0 Å². The van der Waals surface area contributed by atoms with E-state index in [-0.39, 0.29) is 0 Å². The molecule has 1 aliphatic rings. The molecule has 1 aliphatic carbocycles. The van der Waals surface area contributed by atoms with Gasteiger partial charge >= 0.3 is 0 Å². The maximum atomic E-state index is 9.54. The Bertz CT molecular complexity index is 529. The van der Waals surface area contributed by atoms with Crippen LogP contribution in [0, 0.1) is 0 Å². The second-order valence-corrected chi connectivity index (χ2v) is 4.58. The summed E-state index contributed by atoms with van der Waals surface area (Å²) in [4.78, 5) is 4.27. The molecule has 2 aromatic rings. The van der Waals surface area contributed by atoms with Crippen molar-refractivity contribution >= 4 is 0 Å². The summed E-state index contributed by atoms with van der Waals surface area (Å²) in [6, 6.07) is 5.74. The Morgan fingerprint density at radius 3 is 2.94 bits per heavy atom. The van der Waals surface area contributed by atoms with Gasteiger partial charge in [-0.1, -0.05) is 0 Å². The smallest absolute Gasteiger partial charge is 0.153 e. The third-order valence-corrected chi connectivity index (χ3v) is 3.09. The molecular weight excluding hydrogens is 214 g/mol. The predicted octanol–water partition coefficient (Wildman–Crippen LogP) is 2.20. The number of hydrogen-bond acceptors (Lipinski definition) is 3. The van der Waals surface area contributed by atoms with Gasteiger partial charge < -0.3 is 5.11 Å². The van der Waals surface area contributed by atoms with Gasteiger partial charge in [-0.2, -0.15) is 5.10 Å². The molecule has 4 nitrogen and oxygen atoms in total. The zero-order chi connectivity index (χ0) is 11.8.